The highest BCUT2D eigenvalue weighted by Gasteiger charge is 2.06. The van der Waals surface area contributed by atoms with E-state index in [4.69, 9.17) is 8.83 Å². The van der Waals surface area contributed by atoms with E-state index in [1.165, 1.54) is 18.6 Å². The normalized spacial score (nSPS) is 10.6. The average Bonchev–Trinajstić information content (AvgIpc) is 3.13. The Hall–Kier alpha value is -2.76. The summed E-state index contributed by atoms with van der Waals surface area (Å²) in [5.41, 5.74) is 0. The number of carbonyl (C=O) groups is 2. The monoisotopic (exact) mass is 274 g/mol. The maximum absolute atomic E-state index is 11.5. The average molecular weight is 274 g/mol. The molecule has 2 aromatic rings. The molecule has 0 aliphatic carbocycles. The van der Waals surface area contributed by atoms with E-state index in [1.54, 1.807) is 30.3 Å². The van der Waals surface area contributed by atoms with E-state index in [9.17, 15) is 9.59 Å². The first-order chi connectivity index (χ1) is 9.75. The zero-order valence-electron chi connectivity index (χ0n) is 10.7. The van der Waals surface area contributed by atoms with Gasteiger partial charge in [-0.2, -0.15) is 0 Å². The quantitative estimate of drug-likeness (QED) is 0.616. The third kappa shape index (κ3) is 4.16. The van der Waals surface area contributed by atoms with Gasteiger partial charge >= 0.3 is 0 Å². The van der Waals surface area contributed by atoms with Gasteiger partial charge in [0.2, 0.25) is 5.91 Å². The highest BCUT2D eigenvalue weighted by atomic mass is 16.3. The first-order valence-corrected chi connectivity index (χ1v) is 6.07. The molecule has 0 unspecified atom stereocenters. The summed E-state index contributed by atoms with van der Waals surface area (Å²) in [6.45, 7) is 0.646. The Morgan fingerprint density at radius 3 is 2.50 bits per heavy atom. The third-order valence-corrected chi connectivity index (χ3v) is 2.40. The summed E-state index contributed by atoms with van der Waals surface area (Å²) in [4.78, 5) is 22.9. The SMILES string of the molecule is O=C(/C=C/c1ccco1)NCCNC(=O)c1ccco1. The lowest BCUT2D eigenvalue weighted by molar-refractivity contribution is -0.116. The van der Waals surface area contributed by atoms with Crippen molar-refractivity contribution in [2.24, 2.45) is 0 Å². The van der Waals surface area contributed by atoms with Gasteiger partial charge in [0.15, 0.2) is 5.76 Å². The fourth-order valence-electron chi connectivity index (χ4n) is 1.46. The first-order valence-electron chi connectivity index (χ1n) is 6.07. The molecule has 2 N–H and O–H groups in total. The highest BCUT2D eigenvalue weighted by molar-refractivity contribution is 5.92. The molecule has 0 aliphatic rings. The number of hydrogen-bond acceptors (Lipinski definition) is 4. The van der Waals surface area contributed by atoms with Crippen LogP contribution in [0, 0.1) is 0 Å². The minimum Gasteiger partial charge on any atom is -0.465 e. The van der Waals surface area contributed by atoms with Crippen LogP contribution in [0.4, 0.5) is 0 Å². The zero-order valence-corrected chi connectivity index (χ0v) is 10.7. The van der Waals surface area contributed by atoms with Gasteiger partial charge in [-0.05, 0) is 30.3 Å². The fourth-order valence-corrected chi connectivity index (χ4v) is 1.46. The Morgan fingerprint density at radius 2 is 1.80 bits per heavy atom. The van der Waals surface area contributed by atoms with Crippen LogP contribution in [0.2, 0.25) is 0 Å². The molecule has 6 nitrogen and oxygen atoms in total. The molecule has 0 aliphatic heterocycles. The van der Waals surface area contributed by atoms with Gasteiger partial charge in [0, 0.05) is 19.2 Å². The van der Waals surface area contributed by atoms with Gasteiger partial charge in [-0.15, -0.1) is 0 Å². The summed E-state index contributed by atoms with van der Waals surface area (Å²) in [5.74, 6) is 0.282. The molecule has 2 rings (SSSR count). The predicted molar refractivity (Wildman–Crippen MR) is 71.8 cm³/mol. The lowest BCUT2D eigenvalue weighted by atomic mass is 10.4. The molecule has 0 spiro atoms. The standard InChI is InChI=1S/C14H14N2O4/c17-13(6-5-11-3-1-9-19-11)15-7-8-16-14(18)12-4-2-10-20-12/h1-6,9-10H,7-8H2,(H,15,17)(H,16,18)/b6-5+. The predicted octanol–water partition coefficient (Wildman–Crippen LogP) is 1.43. The van der Waals surface area contributed by atoms with Crippen LogP contribution in [0.1, 0.15) is 16.3 Å². The molecular formula is C14H14N2O4. The Balaban J connectivity index is 1.63. The number of rotatable bonds is 6. The number of carbonyl (C=O) groups excluding carboxylic acids is 2. The van der Waals surface area contributed by atoms with Crippen LogP contribution in [0.25, 0.3) is 6.08 Å². The van der Waals surface area contributed by atoms with E-state index < -0.39 is 0 Å². The highest BCUT2D eigenvalue weighted by Crippen LogP contribution is 2.01. The van der Waals surface area contributed by atoms with Crippen molar-refractivity contribution in [2.75, 3.05) is 13.1 Å². The van der Waals surface area contributed by atoms with Crippen molar-refractivity contribution in [3.05, 3.63) is 54.4 Å². The summed E-state index contributed by atoms with van der Waals surface area (Å²) in [6, 6.07) is 6.69. The lowest BCUT2D eigenvalue weighted by Crippen LogP contribution is -2.33. The van der Waals surface area contributed by atoms with E-state index in [0.29, 0.717) is 18.8 Å². The van der Waals surface area contributed by atoms with Crippen molar-refractivity contribution >= 4 is 17.9 Å². The fraction of sp³-hybridized carbons (Fsp3) is 0.143. The van der Waals surface area contributed by atoms with Crippen molar-refractivity contribution in [3.63, 3.8) is 0 Å². The van der Waals surface area contributed by atoms with Crippen LogP contribution in [0.5, 0.6) is 0 Å². The molecule has 2 amide bonds. The largest absolute Gasteiger partial charge is 0.465 e. The first kappa shape index (κ1) is 13.7. The molecule has 2 heterocycles. The summed E-state index contributed by atoms with van der Waals surface area (Å²) in [5, 5.41) is 5.25. The van der Waals surface area contributed by atoms with Gasteiger partial charge in [-0.1, -0.05) is 0 Å². The number of amides is 2. The van der Waals surface area contributed by atoms with Crippen molar-refractivity contribution in [1.82, 2.24) is 10.6 Å². The van der Waals surface area contributed by atoms with E-state index in [2.05, 4.69) is 10.6 Å². The molecule has 0 fully saturated rings. The Labute approximate surface area is 115 Å². The number of nitrogens with one attached hydrogen (secondary N) is 2. The van der Waals surface area contributed by atoms with Crippen LogP contribution < -0.4 is 10.6 Å². The maximum atomic E-state index is 11.5. The summed E-state index contributed by atoms with van der Waals surface area (Å²) < 4.78 is 9.98. The van der Waals surface area contributed by atoms with Gasteiger partial charge < -0.3 is 19.5 Å². The van der Waals surface area contributed by atoms with Gasteiger partial charge in [0.1, 0.15) is 5.76 Å². The van der Waals surface area contributed by atoms with Gasteiger partial charge in [0.25, 0.3) is 5.91 Å². The zero-order chi connectivity index (χ0) is 14.2. The van der Waals surface area contributed by atoms with Crippen molar-refractivity contribution in [1.29, 1.82) is 0 Å². The molecule has 0 aromatic carbocycles. The molecular weight excluding hydrogens is 260 g/mol. The number of hydrogen-bond donors (Lipinski definition) is 2. The minimum absolute atomic E-state index is 0.244. The summed E-state index contributed by atoms with van der Waals surface area (Å²) in [6.07, 6.45) is 5.89. The molecule has 6 heteroatoms. The second-order valence-corrected chi connectivity index (χ2v) is 3.87. The van der Waals surface area contributed by atoms with Crippen molar-refractivity contribution in [3.8, 4) is 0 Å². The van der Waals surface area contributed by atoms with Crippen LogP contribution in [-0.4, -0.2) is 24.9 Å². The molecule has 0 bridgehead atoms. The van der Waals surface area contributed by atoms with Crippen LogP contribution in [-0.2, 0) is 4.79 Å². The van der Waals surface area contributed by atoms with Crippen LogP contribution in [0.3, 0.4) is 0 Å². The van der Waals surface area contributed by atoms with E-state index >= 15 is 0 Å². The second kappa shape index (κ2) is 6.98. The van der Waals surface area contributed by atoms with E-state index in [1.807, 2.05) is 0 Å². The maximum Gasteiger partial charge on any atom is 0.287 e. The smallest absolute Gasteiger partial charge is 0.287 e. The third-order valence-electron chi connectivity index (χ3n) is 2.40. The van der Waals surface area contributed by atoms with Crippen LogP contribution in [0.15, 0.2) is 51.7 Å². The van der Waals surface area contributed by atoms with Gasteiger partial charge in [0.05, 0.1) is 12.5 Å². The molecule has 0 radical (unpaired) electrons. The van der Waals surface area contributed by atoms with Crippen molar-refractivity contribution in [2.45, 2.75) is 0 Å². The molecule has 20 heavy (non-hydrogen) atoms. The topological polar surface area (TPSA) is 84.5 Å². The molecule has 104 valence electrons. The lowest BCUT2D eigenvalue weighted by Gasteiger charge is -2.03. The minimum atomic E-state index is -0.310. The molecule has 2 aromatic heterocycles. The summed E-state index contributed by atoms with van der Waals surface area (Å²) in [7, 11) is 0. The van der Waals surface area contributed by atoms with Crippen LogP contribution >= 0.6 is 0 Å². The van der Waals surface area contributed by atoms with E-state index in [-0.39, 0.29) is 17.6 Å². The molecule has 0 atom stereocenters. The Kier molecular flexibility index (Phi) is 4.77. The van der Waals surface area contributed by atoms with Gasteiger partial charge in [-0.25, -0.2) is 0 Å². The Bertz CT molecular complexity index is 570. The second-order valence-electron chi connectivity index (χ2n) is 3.87. The summed E-state index contributed by atoms with van der Waals surface area (Å²) >= 11 is 0. The molecule has 0 saturated carbocycles. The van der Waals surface area contributed by atoms with Crippen molar-refractivity contribution < 1.29 is 18.4 Å². The molecule has 0 saturated heterocycles. The van der Waals surface area contributed by atoms with E-state index in [0.717, 1.165) is 0 Å². The van der Waals surface area contributed by atoms with Gasteiger partial charge in [-0.3, -0.25) is 9.59 Å². The number of furan rings is 2. The Morgan fingerprint density at radius 1 is 1.05 bits per heavy atom.